The Morgan fingerprint density at radius 3 is 2.21 bits per heavy atom. The van der Waals surface area contributed by atoms with E-state index in [2.05, 4.69) is 19.6 Å². The summed E-state index contributed by atoms with van der Waals surface area (Å²) in [4.78, 5) is 22.4. The predicted molar refractivity (Wildman–Crippen MR) is 103 cm³/mol. The number of anilines is 1. The molecule has 1 aromatic heterocycles. The first-order valence-electron chi connectivity index (χ1n) is 9.09. The van der Waals surface area contributed by atoms with Crippen LogP contribution in [0, 0.1) is 5.92 Å². The van der Waals surface area contributed by atoms with Gasteiger partial charge in [-0.25, -0.2) is 8.42 Å². The van der Waals surface area contributed by atoms with Crippen molar-refractivity contribution in [2.75, 3.05) is 45.7 Å². The summed E-state index contributed by atoms with van der Waals surface area (Å²) in [6, 6.07) is 1.41. The molecule has 158 valence electrons. The summed E-state index contributed by atoms with van der Waals surface area (Å²) in [7, 11) is -0.230. The standard InChI is InChI=1S/C17H28N4O6S/c1-12(11-21-8-6-5-7-9-21)15(16(22)27-4)28(23,24)20-17-18-13(25-2)10-14(19-17)26-3/h10,12,15H,5-9,11H2,1-4H3,(H,18,19,20). The molecular weight excluding hydrogens is 388 g/mol. The monoisotopic (exact) mass is 416 g/mol. The molecule has 0 saturated carbocycles. The maximum absolute atomic E-state index is 13.0. The van der Waals surface area contributed by atoms with Crippen LogP contribution in [-0.4, -0.2) is 75.5 Å². The van der Waals surface area contributed by atoms with Crippen molar-refractivity contribution < 1.29 is 27.4 Å². The molecule has 11 heteroatoms. The third-order valence-corrected chi connectivity index (χ3v) is 6.40. The molecule has 0 aromatic carbocycles. The van der Waals surface area contributed by atoms with E-state index < -0.39 is 27.2 Å². The fourth-order valence-electron chi connectivity index (χ4n) is 3.28. The van der Waals surface area contributed by atoms with Crippen molar-refractivity contribution in [2.24, 2.45) is 5.92 Å². The zero-order valence-electron chi connectivity index (χ0n) is 16.7. The second kappa shape index (κ2) is 9.87. The van der Waals surface area contributed by atoms with Gasteiger partial charge in [-0.1, -0.05) is 13.3 Å². The smallest absolute Gasteiger partial charge is 0.326 e. The fraction of sp³-hybridized carbons (Fsp3) is 0.706. The minimum absolute atomic E-state index is 0.125. The van der Waals surface area contributed by atoms with Gasteiger partial charge in [-0.05, 0) is 31.8 Å². The Balaban J connectivity index is 2.24. The summed E-state index contributed by atoms with van der Waals surface area (Å²) < 4.78 is 43.1. The first-order chi connectivity index (χ1) is 13.3. The van der Waals surface area contributed by atoms with Gasteiger partial charge in [-0.3, -0.25) is 9.52 Å². The third kappa shape index (κ3) is 5.68. The van der Waals surface area contributed by atoms with Crippen LogP contribution in [-0.2, 0) is 19.6 Å². The van der Waals surface area contributed by atoms with Gasteiger partial charge < -0.3 is 19.1 Å². The molecule has 1 fully saturated rings. The highest BCUT2D eigenvalue weighted by Gasteiger charge is 2.40. The minimum atomic E-state index is -4.17. The molecule has 1 saturated heterocycles. The highest BCUT2D eigenvalue weighted by Crippen LogP contribution is 2.23. The molecule has 0 spiro atoms. The number of carbonyl (C=O) groups excluding carboxylic acids is 1. The molecule has 1 aliphatic rings. The summed E-state index contributed by atoms with van der Waals surface area (Å²) in [6.45, 7) is 3.98. The quantitative estimate of drug-likeness (QED) is 0.585. The van der Waals surface area contributed by atoms with Gasteiger partial charge in [-0.15, -0.1) is 0 Å². The SMILES string of the molecule is COC(=O)C(C(C)CN1CCCCC1)S(=O)(=O)Nc1nc(OC)cc(OC)n1. The number of nitrogens with zero attached hydrogens (tertiary/aromatic N) is 3. The third-order valence-electron chi connectivity index (χ3n) is 4.61. The van der Waals surface area contributed by atoms with E-state index in [1.807, 2.05) is 0 Å². The summed E-state index contributed by atoms with van der Waals surface area (Å²) in [5.41, 5.74) is 0. The van der Waals surface area contributed by atoms with Gasteiger partial charge >= 0.3 is 5.97 Å². The average molecular weight is 417 g/mol. The summed E-state index contributed by atoms with van der Waals surface area (Å²) in [5, 5.41) is -1.40. The highest BCUT2D eigenvalue weighted by atomic mass is 32.2. The van der Waals surface area contributed by atoms with E-state index in [0.717, 1.165) is 25.9 Å². The van der Waals surface area contributed by atoms with Crippen LogP contribution in [0.15, 0.2) is 6.07 Å². The highest BCUT2D eigenvalue weighted by molar-refractivity contribution is 7.94. The maximum Gasteiger partial charge on any atom is 0.326 e. The molecule has 2 rings (SSSR count). The molecule has 28 heavy (non-hydrogen) atoms. The number of sulfonamides is 1. The number of hydrogen-bond donors (Lipinski definition) is 1. The lowest BCUT2D eigenvalue weighted by Crippen LogP contribution is -2.46. The van der Waals surface area contributed by atoms with Crippen molar-refractivity contribution in [1.29, 1.82) is 0 Å². The van der Waals surface area contributed by atoms with Gasteiger partial charge in [0.15, 0.2) is 5.25 Å². The number of likely N-dealkylation sites (tertiary alicyclic amines) is 1. The molecule has 10 nitrogen and oxygen atoms in total. The second-order valence-corrected chi connectivity index (χ2v) is 8.51. The van der Waals surface area contributed by atoms with Crippen LogP contribution in [0.1, 0.15) is 26.2 Å². The average Bonchev–Trinajstić information content (AvgIpc) is 2.67. The largest absolute Gasteiger partial charge is 0.481 e. The number of carbonyl (C=O) groups is 1. The fourth-order valence-corrected chi connectivity index (χ4v) is 4.80. The number of ether oxygens (including phenoxy) is 3. The van der Waals surface area contributed by atoms with Gasteiger partial charge in [-0.2, -0.15) is 9.97 Å². The number of hydrogen-bond acceptors (Lipinski definition) is 9. The topological polar surface area (TPSA) is 120 Å². The molecule has 2 unspecified atom stereocenters. The Morgan fingerprint density at radius 1 is 1.14 bits per heavy atom. The van der Waals surface area contributed by atoms with Crippen molar-refractivity contribution in [3.8, 4) is 11.8 Å². The molecule has 0 aliphatic carbocycles. The predicted octanol–water partition coefficient (Wildman–Crippen LogP) is 0.899. The van der Waals surface area contributed by atoms with Crippen LogP contribution in [0.3, 0.4) is 0 Å². The molecule has 2 atom stereocenters. The van der Waals surface area contributed by atoms with Crippen LogP contribution in [0.25, 0.3) is 0 Å². The lowest BCUT2D eigenvalue weighted by Gasteiger charge is -2.31. The number of rotatable bonds is 9. The number of methoxy groups -OCH3 is 3. The van der Waals surface area contributed by atoms with E-state index in [9.17, 15) is 13.2 Å². The molecular formula is C17H28N4O6S. The molecule has 1 N–H and O–H groups in total. The summed E-state index contributed by atoms with van der Waals surface area (Å²) >= 11 is 0. The molecule has 2 heterocycles. The van der Waals surface area contributed by atoms with Crippen LogP contribution >= 0.6 is 0 Å². The molecule has 0 radical (unpaired) electrons. The van der Waals surface area contributed by atoms with Crippen molar-refractivity contribution in [2.45, 2.75) is 31.4 Å². The minimum Gasteiger partial charge on any atom is -0.481 e. The number of nitrogens with one attached hydrogen (secondary N) is 1. The maximum atomic E-state index is 13.0. The lowest BCUT2D eigenvalue weighted by molar-refractivity contribution is -0.141. The molecule has 0 amide bonds. The Hall–Kier alpha value is -2.14. The summed E-state index contributed by atoms with van der Waals surface area (Å²) in [5.74, 6) is -1.31. The zero-order chi connectivity index (χ0) is 20.7. The molecule has 0 bridgehead atoms. The van der Waals surface area contributed by atoms with Crippen LogP contribution in [0.2, 0.25) is 0 Å². The Bertz CT molecular complexity index is 745. The van der Waals surface area contributed by atoms with E-state index in [-0.39, 0.29) is 17.7 Å². The number of esters is 1. The van der Waals surface area contributed by atoms with Gasteiger partial charge in [0.05, 0.1) is 27.4 Å². The van der Waals surface area contributed by atoms with Gasteiger partial charge in [0, 0.05) is 6.54 Å². The Morgan fingerprint density at radius 2 is 1.71 bits per heavy atom. The van der Waals surface area contributed by atoms with E-state index in [0.29, 0.717) is 6.54 Å². The Kier molecular flexibility index (Phi) is 7.81. The van der Waals surface area contributed by atoms with E-state index in [1.165, 1.54) is 33.8 Å². The van der Waals surface area contributed by atoms with Crippen molar-refractivity contribution in [1.82, 2.24) is 14.9 Å². The van der Waals surface area contributed by atoms with Gasteiger partial charge in [0.25, 0.3) is 0 Å². The van der Waals surface area contributed by atoms with Crippen LogP contribution in [0.4, 0.5) is 5.95 Å². The summed E-state index contributed by atoms with van der Waals surface area (Å²) in [6.07, 6.45) is 3.30. The van der Waals surface area contributed by atoms with E-state index in [4.69, 9.17) is 14.2 Å². The first kappa shape index (κ1) is 22.2. The van der Waals surface area contributed by atoms with Crippen molar-refractivity contribution >= 4 is 21.9 Å². The van der Waals surface area contributed by atoms with Crippen molar-refractivity contribution in [3.05, 3.63) is 6.07 Å². The number of piperidine rings is 1. The van der Waals surface area contributed by atoms with Gasteiger partial charge in [0.2, 0.25) is 27.7 Å². The molecule has 1 aromatic rings. The second-order valence-electron chi connectivity index (χ2n) is 6.71. The lowest BCUT2D eigenvalue weighted by atomic mass is 10.0. The van der Waals surface area contributed by atoms with E-state index in [1.54, 1.807) is 6.92 Å². The van der Waals surface area contributed by atoms with E-state index >= 15 is 0 Å². The molecule has 1 aliphatic heterocycles. The normalized spacial score (nSPS) is 17.4. The first-order valence-corrected chi connectivity index (χ1v) is 10.6. The number of aromatic nitrogens is 2. The Labute approximate surface area is 165 Å². The van der Waals surface area contributed by atoms with Crippen molar-refractivity contribution in [3.63, 3.8) is 0 Å². The van der Waals surface area contributed by atoms with Crippen LogP contribution in [0.5, 0.6) is 11.8 Å². The zero-order valence-corrected chi connectivity index (χ0v) is 17.5. The van der Waals surface area contributed by atoms with Gasteiger partial charge in [0.1, 0.15) is 0 Å². The van der Waals surface area contributed by atoms with Crippen LogP contribution < -0.4 is 14.2 Å².